The normalized spacial score (nSPS) is 10.2. The van der Waals surface area contributed by atoms with E-state index >= 15 is 0 Å². The Morgan fingerprint density at radius 1 is 1.30 bits per heavy atom. The van der Waals surface area contributed by atoms with Crippen molar-refractivity contribution < 1.29 is 14.3 Å². The molecule has 0 radical (unpaired) electrons. The molecule has 2 aromatic rings. The minimum atomic E-state index is 0.166. The molecule has 0 aliphatic carbocycles. The lowest BCUT2D eigenvalue weighted by Crippen LogP contribution is -2.02. The minimum Gasteiger partial charge on any atom is -0.485 e. The third-order valence-corrected chi connectivity index (χ3v) is 3.02. The Bertz CT molecular complexity index is 632. The van der Waals surface area contributed by atoms with E-state index in [1.165, 1.54) is 19.2 Å². The fourth-order valence-electron chi connectivity index (χ4n) is 1.62. The van der Waals surface area contributed by atoms with Crippen molar-refractivity contribution in [3.05, 3.63) is 51.6 Å². The molecule has 0 atom stereocenters. The molecule has 0 saturated carbocycles. The quantitative estimate of drug-likeness (QED) is 0.788. The zero-order chi connectivity index (χ0) is 14.5. The first-order valence-electron chi connectivity index (χ1n) is 5.71. The van der Waals surface area contributed by atoms with Crippen LogP contribution in [0.15, 0.2) is 30.3 Å². The molecular formula is C14H11Cl2NO3. The van der Waals surface area contributed by atoms with Crippen molar-refractivity contribution in [2.24, 2.45) is 0 Å². The van der Waals surface area contributed by atoms with Gasteiger partial charge in [0.1, 0.15) is 12.4 Å². The van der Waals surface area contributed by atoms with Gasteiger partial charge in [-0.05, 0) is 18.2 Å². The van der Waals surface area contributed by atoms with Gasteiger partial charge in [0, 0.05) is 11.1 Å². The van der Waals surface area contributed by atoms with Crippen molar-refractivity contribution in [2.75, 3.05) is 7.11 Å². The van der Waals surface area contributed by atoms with E-state index in [1.807, 2.05) is 0 Å². The highest BCUT2D eigenvalue weighted by molar-refractivity contribution is 6.36. The Hall–Kier alpha value is -1.78. The first-order chi connectivity index (χ1) is 9.63. The van der Waals surface area contributed by atoms with Crippen molar-refractivity contribution in [3.63, 3.8) is 0 Å². The van der Waals surface area contributed by atoms with E-state index in [4.69, 9.17) is 32.7 Å². The second-order valence-electron chi connectivity index (χ2n) is 3.88. The number of carbonyl (C=O) groups is 1. The van der Waals surface area contributed by atoms with Crippen LogP contribution in [0.25, 0.3) is 0 Å². The van der Waals surface area contributed by atoms with Crippen LogP contribution in [-0.4, -0.2) is 18.4 Å². The maximum atomic E-state index is 11.0. The zero-order valence-corrected chi connectivity index (χ0v) is 12.1. The largest absolute Gasteiger partial charge is 0.485 e. The van der Waals surface area contributed by atoms with Gasteiger partial charge >= 0.3 is 0 Å². The van der Waals surface area contributed by atoms with Crippen LogP contribution in [0.5, 0.6) is 11.6 Å². The van der Waals surface area contributed by atoms with Gasteiger partial charge in [-0.1, -0.05) is 29.3 Å². The number of ether oxygens (including phenoxy) is 2. The van der Waals surface area contributed by atoms with Gasteiger partial charge in [-0.2, -0.15) is 0 Å². The molecule has 1 aromatic heterocycles. The molecule has 1 aromatic carbocycles. The number of methoxy groups -OCH3 is 1. The Morgan fingerprint density at radius 2 is 2.10 bits per heavy atom. The molecule has 0 aliphatic heterocycles. The highest BCUT2D eigenvalue weighted by atomic mass is 35.5. The van der Waals surface area contributed by atoms with Gasteiger partial charge < -0.3 is 9.47 Å². The molecule has 0 unspecified atom stereocenters. The standard InChI is InChI=1S/C14H11Cl2NO3/c1-19-13-4-2-3-11(17-13)8-20-14-9(7-18)5-10(15)6-12(14)16/h2-7H,8H2,1H3. The monoisotopic (exact) mass is 311 g/mol. The van der Waals surface area contributed by atoms with Crippen LogP contribution in [0, 0.1) is 0 Å². The van der Waals surface area contributed by atoms with Gasteiger partial charge in [0.25, 0.3) is 0 Å². The number of pyridine rings is 1. The number of halogens is 2. The van der Waals surface area contributed by atoms with Crippen molar-refractivity contribution in [2.45, 2.75) is 6.61 Å². The van der Waals surface area contributed by atoms with Crippen molar-refractivity contribution in [3.8, 4) is 11.6 Å². The lowest BCUT2D eigenvalue weighted by Gasteiger charge is -2.11. The number of rotatable bonds is 5. The second-order valence-corrected chi connectivity index (χ2v) is 4.73. The van der Waals surface area contributed by atoms with Crippen LogP contribution < -0.4 is 9.47 Å². The summed E-state index contributed by atoms with van der Waals surface area (Å²) in [6.07, 6.45) is 0.645. The molecule has 1 heterocycles. The third kappa shape index (κ3) is 3.40. The number of carbonyl (C=O) groups excluding carboxylic acids is 1. The smallest absolute Gasteiger partial charge is 0.213 e. The third-order valence-electron chi connectivity index (χ3n) is 2.52. The first kappa shape index (κ1) is 14.6. The molecular weight excluding hydrogens is 301 g/mol. The summed E-state index contributed by atoms with van der Waals surface area (Å²) in [5.74, 6) is 0.777. The predicted molar refractivity (Wildman–Crippen MR) is 77.0 cm³/mol. The summed E-state index contributed by atoms with van der Waals surface area (Å²) >= 11 is 11.9. The van der Waals surface area contributed by atoms with Gasteiger partial charge in [-0.15, -0.1) is 0 Å². The predicted octanol–water partition coefficient (Wildman–Crippen LogP) is 3.79. The van der Waals surface area contributed by atoms with E-state index in [0.717, 1.165) is 0 Å². The Balaban J connectivity index is 2.20. The van der Waals surface area contributed by atoms with E-state index in [0.29, 0.717) is 28.4 Å². The fraction of sp³-hybridized carbons (Fsp3) is 0.143. The fourth-order valence-corrected chi connectivity index (χ4v) is 2.18. The average molecular weight is 312 g/mol. The minimum absolute atomic E-state index is 0.166. The SMILES string of the molecule is COc1cccc(COc2c(Cl)cc(Cl)cc2C=O)n1. The van der Waals surface area contributed by atoms with Crippen LogP contribution in [0.2, 0.25) is 10.0 Å². The molecule has 0 fully saturated rings. The van der Waals surface area contributed by atoms with E-state index in [9.17, 15) is 4.79 Å². The van der Waals surface area contributed by atoms with E-state index in [-0.39, 0.29) is 17.4 Å². The topological polar surface area (TPSA) is 48.4 Å². The highest BCUT2D eigenvalue weighted by Crippen LogP contribution is 2.32. The summed E-state index contributed by atoms with van der Waals surface area (Å²) in [7, 11) is 1.54. The average Bonchev–Trinajstić information content (AvgIpc) is 2.45. The van der Waals surface area contributed by atoms with Gasteiger partial charge in [0.15, 0.2) is 6.29 Å². The summed E-state index contributed by atoms with van der Waals surface area (Å²) in [5.41, 5.74) is 0.956. The van der Waals surface area contributed by atoms with Crippen LogP contribution >= 0.6 is 23.2 Å². The van der Waals surface area contributed by atoms with E-state index in [1.54, 1.807) is 18.2 Å². The Kier molecular flexibility index (Phi) is 4.82. The molecule has 0 aliphatic rings. The number of aromatic nitrogens is 1. The van der Waals surface area contributed by atoms with Crippen LogP contribution in [0.1, 0.15) is 16.1 Å². The van der Waals surface area contributed by atoms with Crippen LogP contribution in [0.4, 0.5) is 0 Å². The van der Waals surface area contributed by atoms with Gasteiger partial charge in [0.05, 0.1) is 23.4 Å². The molecule has 20 heavy (non-hydrogen) atoms. The lowest BCUT2D eigenvalue weighted by atomic mass is 10.2. The number of hydrogen-bond donors (Lipinski definition) is 0. The van der Waals surface area contributed by atoms with Gasteiger partial charge in [-0.25, -0.2) is 4.98 Å². The Labute approximate surface area is 126 Å². The summed E-state index contributed by atoms with van der Waals surface area (Å²) in [4.78, 5) is 15.2. The molecule has 0 bridgehead atoms. The summed E-state index contributed by atoms with van der Waals surface area (Å²) in [5, 5.41) is 0.659. The maximum absolute atomic E-state index is 11.0. The zero-order valence-electron chi connectivity index (χ0n) is 10.6. The van der Waals surface area contributed by atoms with Crippen molar-refractivity contribution in [1.29, 1.82) is 0 Å². The number of aldehydes is 1. The maximum Gasteiger partial charge on any atom is 0.213 e. The molecule has 104 valence electrons. The molecule has 0 N–H and O–H groups in total. The first-order valence-corrected chi connectivity index (χ1v) is 6.46. The molecule has 0 amide bonds. The van der Waals surface area contributed by atoms with Gasteiger partial charge in [-0.3, -0.25) is 4.79 Å². The second kappa shape index (κ2) is 6.59. The van der Waals surface area contributed by atoms with Crippen molar-refractivity contribution >= 4 is 29.5 Å². The van der Waals surface area contributed by atoms with Gasteiger partial charge in [0.2, 0.25) is 5.88 Å². The molecule has 2 rings (SSSR count). The molecule has 4 nitrogen and oxygen atoms in total. The molecule has 6 heteroatoms. The lowest BCUT2D eigenvalue weighted by molar-refractivity contribution is 0.111. The number of nitrogens with zero attached hydrogens (tertiary/aromatic N) is 1. The van der Waals surface area contributed by atoms with E-state index < -0.39 is 0 Å². The molecule has 0 spiro atoms. The Morgan fingerprint density at radius 3 is 2.80 bits per heavy atom. The van der Waals surface area contributed by atoms with Crippen LogP contribution in [0.3, 0.4) is 0 Å². The number of hydrogen-bond acceptors (Lipinski definition) is 4. The van der Waals surface area contributed by atoms with Crippen molar-refractivity contribution in [1.82, 2.24) is 4.98 Å². The summed E-state index contributed by atoms with van der Waals surface area (Å²) in [6, 6.07) is 8.33. The summed E-state index contributed by atoms with van der Waals surface area (Å²) in [6.45, 7) is 0.166. The summed E-state index contributed by atoms with van der Waals surface area (Å²) < 4.78 is 10.6. The van der Waals surface area contributed by atoms with E-state index in [2.05, 4.69) is 4.98 Å². The van der Waals surface area contributed by atoms with Crippen LogP contribution in [-0.2, 0) is 6.61 Å². The molecule has 0 saturated heterocycles. The number of benzene rings is 1. The highest BCUT2D eigenvalue weighted by Gasteiger charge is 2.11.